The fourth-order valence-electron chi connectivity index (χ4n) is 5.16. The van der Waals surface area contributed by atoms with Gasteiger partial charge < -0.3 is 5.32 Å². The lowest BCUT2D eigenvalue weighted by Crippen LogP contribution is -2.29. The van der Waals surface area contributed by atoms with E-state index in [2.05, 4.69) is 11.4 Å². The van der Waals surface area contributed by atoms with E-state index in [-0.39, 0.29) is 23.7 Å². The van der Waals surface area contributed by atoms with Crippen LogP contribution in [0.4, 0.5) is 10.1 Å². The molecule has 7 heteroatoms. The number of halogens is 1. The van der Waals surface area contributed by atoms with Crippen LogP contribution >= 0.6 is 11.8 Å². The lowest BCUT2D eigenvalue weighted by Gasteiger charge is -2.31. The summed E-state index contributed by atoms with van der Waals surface area (Å²) in [5, 5.41) is 19.5. The number of aryl methyl sites for hydroxylation is 2. The van der Waals surface area contributed by atoms with Crippen molar-refractivity contribution >= 4 is 29.1 Å². The molecule has 0 aromatic heterocycles. The van der Waals surface area contributed by atoms with Crippen molar-refractivity contribution in [1.82, 2.24) is 5.32 Å². The normalized spacial score (nSPS) is 18.2. The highest BCUT2D eigenvalue weighted by molar-refractivity contribution is 7.98. The predicted molar refractivity (Wildman–Crippen MR) is 143 cm³/mol. The van der Waals surface area contributed by atoms with Crippen molar-refractivity contribution in [1.29, 1.82) is 5.26 Å². The number of hydrogen-bond acceptors (Lipinski definition) is 5. The van der Waals surface area contributed by atoms with Crippen molar-refractivity contribution in [3.63, 3.8) is 0 Å². The van der Waals surface area contributed by atoms with Gasteiger partial charge in [-0.05, 0) is 85.2 Å². The summed E-state index contributed by atoms with van der Waals surface area (Å²) in [5.41, 5.74) is 7.26. The van der Waals surface area contributed by atoms with Crippen molar-refractivity contribution < 1.29 is 9.18 Å². The molecule has 36 heavy (non-hydrogen) atoms. The van der Waals surface area contributed by atoms with Crippen LogP contribution < -0.4 is 10.3 Å². The fourth-order valence-corrected chi connectivity index (χ4v) is 5.47. The molecule has 3 aromatic rings. The third-order valence-corrected chi connectivity index (χ3v) is 7.59. The van der Waals surface area contributed by atoms with Gasteiger partial charge in [-0.1, -0.05) is 18.2 Å². The zero-order valence-electron chi connectivity index (χ0n) is 20.3. The molecule has 0 spiro atoms. The maximum absolute atomic E-state index is 13.8. The van der Waals surface area contributed by atoms with Crippen molar-refractivity contribution in [2.75, 3.05) is 23.6 Å². The van der Waals surface area contributed by atoms with E-state index in [0.29, 0.717) is 17.7 Å². The number of fused-ring (bicyclic) bond motifs is 3. The molecule has 1 aliphatic heterocycles. The number of hydrogen-bond donors (Lipinski definition) is 1. The molecule has 1 amide bonds. The number of hydrazone groups is 1. The van der Waals surface area contributed by atoms with Gasteiger partial charge in [-0.3, -0.25) is 9.80 Å². The van der Waals surface area contributed by atoms with Gasteiger partial charge in [0.05, 0.1) is 29.1 Å². The summed E-state index contributed by atoms with van der Waals surface area (Å²) in [6, 6.07) is 20.4. The van der Waals surface area contributed by atoms with Crippen LogP contribution in [0.2, 0.25) is 0 Å². The Morgan fingerprint density at radius 3 is 2.72 bits per heavy atom. The largest absolute Gasteiger partial charge is 0.351 e. The molecular formula is C29H27FN4OS. The van der Waals surface area contributed by atoms with Gasteiger partial charge in [0.1, 0.15) is 5.82 Å². The van der Waals surface area contributed by atoms with Gasteiger partial charge >= 0.3 is 0 Å². The van der Waals surface area contributed by atoms with E-state index >= 15 is 0 Å². The first-order chi connectivity index (χ1) is 17.5. The number of carbonyl (C=O) groups is 1. The minimum atomic E-state index is -0.268. The lowest BCUT2D eigenvalue weighted by atomic mass is 9.77. The summed E-state index contributed by atoms with van der Waals surface area (Å²) in [5.74, 6) is 0.683. The third kappa shape index (κ3) is 4.49. The number of nitrogens with zero attached hydrogens (tertiary/aromatic N) is 3. The summed E-state index contributed by atoms with van der Waals surface area (Å²) in [6.45, 7) is 2.57. The summed E-state index contributed by atoms with van der Waals surface area (Å²) >= 11 is 1.70. The lowest BCUT2D eigenvalue weighted by molar-refractivity contribution is 0.0956. The standard InChI is InChI=1S/C29H27FN4OS/c1-18-15-24(10-5-22(18)17-31)34-28(19-3-8-23(30)9-4-19)26-12-6-20-16-21(29(35)32-13-14-36-2)7-11-25(20)27(26)33-34/h3-5,7-11,15-16,26,28H,6,12-14H2,1-2H3,(H,32,35)/t26-,28?/m1/s1. The van der Waals surface area contributed by atoms with E-state index in [0.717, 1.165) is 52.2 Å². The van der Waals surface area contributed by atoms with E-state index in [1.807, 2.05) is 66.7 Å². The zero-order chi connectivity index (χ0) is 25.2. The smallest absolute Gasteiger partial charge is 0.251 e. The molecule has 1 aliphatic carbocycles. The number of amides is 1. The van der Waals surface area contributed by atoms with Gasteiger partial charge in [0.15, 0.2) is 0 Å². The van der Waals surface area contributed by atoms with Gasteiger partial charge in [0.2, 0.25) is 0 Å². The second-order valence-corrected chi connectivity index (χ2v) is 10.2. The maximum atomic E-state index is 13.8. The van der Waals surface area contributed by atoms with E-state index < -0.39 is 0 Å². The summed E-state index contributed by atoms with van der Waals surface area (Å²) in [4.78, 5) is 12.6. The Kier molecular flexibility index (Phi) is 6.80. The number of nitriles is 1. The monoisotopic (exact) mass is 498 g/mol. The van der Waals surface area contributed by atoms with E-state index in [1.165, 1.54) is 12.1 Å². The van der Waals surface area contributed by atoms with Crippen LogP contribution in [0.15, 0.2) is 65.8 Å². The van der Waals surface area contributed by atoms with Crippen LogP contribution in [0.5, 0.6) is 0 Å². The Morgan fingerprint density at radius 1 is 1.19 bits per heavy atom. The second kappa shape index (κ2) is 10.2. The Labute approximate surface area is 215 Å². The molecule has 0 saturated heterocycles. The number of nitrogens with one attached hydrogen (secondary N) is 1. The van der Waals surface area contributed by atoms with Gasteiger partial charge in [0.25, 0.3) is 5.91 Å². The SMILES string of the molecule is CSCCNC(=O)c1ccc2c(c1)CC[C@@H]1C2=NN(c2ccc(C#N)c(C)c2)C1c1ccc(F)cc1. The van der Waals surface area contributed by atoms with E-state index in [4.69, 9.17) is 5.10 Å². The molecule has 0 fully saturated rings. The Morgan fingerprint density at radius 2 is 2.00 bits per heavy atom. The second-order valence-electron chi connectivity index (χ2n) is 9.20. The summed E-state index contributed by atoms with van der Waals surface area (Å²) < 4.78 is 13.8. The van der Waals surface area contributed by atoms with Gasteiger partial charge in [-0.15, -0.1) is 0 Å². The third-order valence-electron chi connectivity index (χ3n) is 6.98. The van der Waals surface area contributed by atoms with Crippen molar-refractivity contribution in [3.05, 3.63) is 99.9 Å². The molecule has 0 bridgehead atoms. The number of rotatable bonds is 6. The molecule has 2 atom stereocenters. The molecule has 3 aromatic carbocycles. The Balaban J connectivity index is 1.53. The molecule has 182 valence electrons. The Bertz CT molecular complexity index is 1380. The van der Waals surface area contributed by atoms with Crippen LogP contribution in [0.25, 0.3) is 0 Å². The van der Waals surface area contributed by atoms with Gasteiger partial charge in [0, 0.05) is 29.3 Å². The van der Waals surface area contributed by atoms with E-state index in [1.54, 1.807) is 11.8 Å². The van der Waals surface area contributed by atoms with Crippen LogP contribution in [0.1, 0.15) is 50.6 Å². The molecule has 0 radical (unpaired) electrons. The molecule has 1 N–H and O–H groups in total. The first-order valence-electron chi connectivity index (χ1n) is 12.0. The summed E-state index contributed by atoms with van der Waals surface area (Å²) in [6.07, 6.45) is 3.73. The highest BCUT2D eigenvalue weighted by Gasteiger charge is 2.42. The van der Waals surface area contributed by atoms with E-state index in [9.17, 15) is 14.4 Å². The topological polar surface area (TPSA) is 68.5 Å². The number of benzene rings is 3. The highest BCUT2D eigenvalue weighted by atomic mass is 32.2. The molecule has 5 rings (SSSR count). The molecule has 2 aliphatic rings. The molecule has 5 nitrogen and oxygen atoms in total. The predicted octanol–water partition coefficient (Wildman–Crippen LogP) is 5.63. The highest BCUT2D eigenvalue weighted by Crippen LogP contribution is 2.45. The molecule has 1 heterocycles. The quantitative estimate of drug-likeness (QED) is 0.448. The summed E-state index contributed by atoms with van der Waals surface area (Å²) in [7, 11) is 0. The molecule has 1 unspecified atom stereocenters. The first-order valence-corrected chi connectivity index (χ1v) is 13.4. The van der Waals surface area contributed by atoms with Crippen molar-refractivity contribution in [2.45, 2.75) is 25.8 Å². The van der Waals surface area contributed by atoms with Crippen molar-refractivity contribution in [2.24, 2.45) is 11.0 Å². The number of thioether (sulfide) groups is 1. The average molecular weight is 499 g/mol. The minimum Gasteiger partial charge on any atom is -0.351 e. The van der Waals surface area contributed by atoms with Crippen molar-refractivity contribution in [3.8, 4) is 6.07 Å². The molecule has 0 saturated carbocycles. The van der Waals surface area contributed by atoms with Gasteiger partial charge in [-0.25, -0.2) is 4.39 Å². The number of anilines is 1. The maximum Gasteiger partial charge on any atom is 0.251 e. The van der Waals surface area contributed by atoms with Crippen LogP contribution in [0, 0.1) is 30.0 Å². The fraction of sp³-hybridized carbons (Fsp3) is 0.276. The minimum absolute atomic E-state index is 0.0544. The number of carbonyl (C=O) groups excluding carboxylic acids is 1. The van der Waals surface area contributed by atoms with Crippen LogP contribution in [-0.2, 0) is 6.42 Å². The van der Waals surface area contributed by atoms with Crippen LogP contribution in [0.3, 0.4) is 0 Å². The first kappa shape index (κ1) is 24.1. The zero-order valence-corrected chi connectivity index (χ0v) is 21.1. The van der Waals surface area contributed by atoms with Crippen LogP contribution in [-0.4, -0.2) is 30.2 Å². The average Bonchev–Trinajstić information content (AvgIpc) is 3.29. The van der Waals surface area contributed by atoms with Gasteiger partial charge in [-0.2, -0.15) is 22.1 Å². The molecular weight excluding hydrogens is 471 g/mol. The Hall–Kier alpha value is -3.63.